The molecule has 0 aliphatic rings. The van der Waals surface area contributed by atoms with Crippen LogP contribution >= 0.6 is 12.4 Å². The van der Waals surface area contributed by atoms with Gasteiger partial charge in [-0.25, -0.2) is 4.79 Å². The van der Waals surface area contributed by atoms with Crippen molar-refractivity contribution in [1.82, 2.24) is 0 Å². The molecular weight excluding hydrogens is 290 g/mol. The Morgan fingerprint density at radius 2 is 1.52 bits per heavy atom. The van der Waals surface area contributed by atoms with Crippen molar-refractivity contribution in [2.75, 3.05) is 0 Å². The second-order valence-corrected chi connectivity index (χ2v) is 5.24. The maximum atomic E-state index is 12.0. The van der Waals surface area contributed by atoms with E-state index in [-0.39, 0.29) is 24.6 Å². The van der Waals surface area contributed by atoms with Gasteiger partial charge in [0.05, 0.1) is 5.56 Å². The maximum Gasteiger partial charge on any atom is 0.341 e. The van der Waals surface area contributed by atoms with Crippen LogP contribution in [0.2, 0.25) is 0 Å². The fourth-order valence-corrected chi connectivity index (χ4v) is 2.73. The van der Waals surface area contributed by atoms with Gasteiger partial charge in [-0.05, 0) is 44.9 Å². The monoisotopic (exact) mass is 307 g/mol. The van der Waals surface area contributed by atoms with E-state index < -0.39 is 0 Å². The van der Waals surface area contributed by atoms with Gasteiger partial charge in [0, 0.05) is 22.9 Å². The maximum absolute atomic E-state index is 12.0. The summed E-state index contributed by atoms with van der Waals surface area (Å²) in [5.41, 5.74) is 10.1. The summed E-state index contributed by atoms with van der Waals surface area (Å²) >= 11 is 0. The molecule has 2 aromatic heterocycles. The number of furan rings is 1. The molecule has 0 saturated heterocycles. The summed E-state index contributed by atoms with van der Waals surface area (Å²) in [4.78, 5) is 12.0. The van der Waals surface area contributed by atoms with Gasteiger partial charge in [0.2, 0.25) is 0 Å². The number of halogens is 1. The largest absolute Gasteiger partial charge is 0.461 e. The predicted octanol–water partition coefficient (Wildman–Crippen LogP) is 3.65. The van der Waals surface area contributed by atoms with Crippen molar-refractivity contribution in [2.24, 2.45) is 5.73 Å². The van der Waals surface area contributed by atoms with Gasteiger partial charge in [-0.2, -0.15) is 0 Å². The van der Waals surface area contributed by atoms with Crippen LogP contribution in [0.1, 0.15) is 28.0 Å². The normalized spacial score (nSPS) is 11.1. The molecule has 0 aliphatic carbocycles. The van der Waals surface area contributed by atoms with Gasteiger partial charge in [0.15, 0.2) is 0 Å². The van der Waals surface area contributed by atoms with Crippen LogP contribution in [0.4, 0.5) is 0 Å². The number of aryl methyl sites for hydroxylation is 4. The van der Waals surface area contributed by atoms with Gasteiger partial charge in [-0.3, -0.25) is 0 Å². The molecule has 0 saturated carbocycles. The van der Waals surface area contributed by atoms with Crippen LogP contribution < -0.4 is 11.4 Å². The third kappa shape index (κ3) is 2.06. The van der Waals surface area contributed by atoms with E-state index >= 15 is 0 Å². The zero-order valence-corrected chi connectivity index (χ0v) is 13.3. The Labute approximate surface area is 128 Å². The first-order valence-corrected chi connectivity index (χ1v) is 6.61. The minimum absolute atomic E-state index is 0. The van der Waals surface area contributed by atoms with Crippen LogP contribution in [0.25, 0.3) is 21.9 Å². The van der Waals surface area contributed by atoms with Crippen molar-refractivity contribution in [1.29, 1.82) is 0 Å². The lowest BCUT2D eigenvalue weighted by Crippen LogP contribution is -2.14. The first-order chi connectivity index (χ1) is 9.45. The van der Waals surface area contributed by atoms with Crippen molar-refractivity contribution >= 4 is 34.3 Å². The molecule has 5 heteroatoms. The molecule has 2 N–H and O–H groups in total. The Bertz CT molecular complexity index is 906. The molecule has 21 heavy (non-hydrogen) atoms. The molecule has 3 rings (SSSR count). The summed E-state index contributed by atoms with van der Waals surface area (Å²) in [5, 5.41) is 1.99. The predicted molar refractivity (Wildman–Crippen MR) is 86.3 cm³/mol. The lowest BCUT2D eigenvalue weighted by Gasteiger charge is -2.08. The third-order valence-electron chi connectivity index (χ3n) is 4.15. The number of fused-ring (bicyclic) bond motifs is 2. The van der Waals surface area contributed by atoms with E-state index in [1.807, 2.05) is 33.8 Å². The van der Waals surface area contributed by atoms with E-state index in [2.05, 4.69) is 0 Å². The molecule has 4 nitrogen and oxygen atoms in total. The van der Waals surface area contributed by atoms with Crippen molar-refractivity contribution < 1.29 is 8.83 Å². The molecule has 112 valence electrons. The highest BCUT2D eigenvalue weighted by Crippen LogP contribution is 2.34. The van der Waals surface area contributed by atoms with Crippen molar-refractivity contribution in [2.45, 2.75) is 34.2 Å². The topological polar surface area (TPSA) is 69.4 Å². The van der Waals surface area contributed by atoms with Gasteiger partial charge < -0.3 is 14.6 Å². The molecule has 0 fully saturated rings. The lowest BCUT2D eigenvalue weighted by atomic mass is 10.00. The molecule has 2 heterocycles. The van der Waals surface area contributed by atoms with Crippen LogP contribution in [-0.2, 0) is 6.54 Å². The first kappa shape index (κ1) is 15.6. The minimum Gasteiger partial charge on any atom is -0.461 e. The molecule has 0 aliphatic heterocycles. The van der Waals surface area contributed by atoms with E-state index in [9.17, 15) is 4.79 Å². The Morgan fingerprint density at radius 1 is 0.952 bits per heavy atom. The summed E-state index contributed by atoms with van der Waals surface area (Å²) in [6.45, 7) is 7.98. The molecular formula is C16H18ClNO3. The van der Waals surface area contributed by atoms with Crippen molar-refractivity contribution in [3.63, 3.8) is 0 Å². The van der Waals surface area contributed by atoms with Crippen LogP contribution in [0.15, 0.2) is 19.7 Å². The minimum atomic E-state index is -0.361. The van der Waals surface area contributed by atoms with Gasteiger partial charge in [-0.15, -0.1) is 12.4 Å². The summed E-state index contributed by atoms with van der Waals surface area (Å²) in [5.74, 6) is 0.887. The zero-order valence-electron chi connectivity index (χ0n) is 12.5. The zero-order chi connectivity index (χ0) is 14.6. The fraction of sp³-hybridized carbons (Fsp3) is 0.312. The lowest BCUT2D eigenvalue weighted by molar-refractivity contribution is 0.542. The molecule has 0 radical (unpaired) electrons. The smallest absolute Gasteiger partial charge is 0.341 e. The Hall–Kier alpha value is -1.78. The highest BCUT2D eigenvalue weighted by Gasteiger charge is 2.17. The number of benzene rings is 1. The number of nitrogens with two attached hydrogens (primary N) is 1. The van der Waals surface area contributed by atoms with E-state index in [0.717, 1.165) is 38.8 Å². The average molecular weight is 308 g/mol. The van der Waals surface area contributed by atoms with E-state index in [1.165, 1.54) is 0 Å². The van der Waals surface area contributed by atoms with E-state index in [4.69, 9.17) is 14.6 Å². The summed E-state index contributed by atoms with van der Waals surface area (Å²) in [6.07, 6.45) is 0. The van der Waals surface area contributed by atoms with E-state index in [0.29, 0.717) is 11.1 Å². The number of hydrogen-bond donors (Lipinski definition) is 1. The summed E-state index contributed by atoms with van der Waals surface area (Å²) in [6, 6.07) is 2.03. The van der Waals surface area contributed by atoms with Gasteiger partial charge >= 0.3 is 5.63 Å². The van der Waals surface area contributed by atoms with E-state index in [1.54, 1.807) is 0 Å². The van der Waals surface area contributed by atoms with Crippen LogP contribution in [-0.4, -0.2) is 0 Å². The quantitative estimate of drug-likeness (QED) is 0.697. The first-order valence-electron chi connectivity index (χ1n) is 6.61. The average Bonchev–Trinajstić information content (AvgIpc) is 2.69. The molecule has 1 aromatic carbocycles. The molecule has 0 bridgehead atoms. The second-order valence-electron chi connectivity index (χ2n) is 5.24. The molecule has 0 amide bonds. The molecule has 0 spiro atoms. The van der Waals surface area contributed by atoms with Crippen LogP contribution in [0, 0.1) is 27.7 Å². The van der Waals surface area contributed by atoms with Crippen LogP contribution in [0.3, 0.4) is 0 Å². The SMILES string of the molecule is Cc1oc2c(C)c3oc(=O)c(CN)c(C)c3cc2c1C.Cl. The van der Waals surface area contributed by atoms with Crippen molar-refractivity contribution in [3.8, 4) is 0 Å². The Kier molecular flexibility index (Phi) is 3.87. The molecule has 0 atom stereocenters. The fourth-order valence-electron chi connectivity index (χ4n) is 2.73. The Morgan fingerprint density at radius 3 is 2.14 bits per heavy atom. The molecule has 3 aromatic rings. The molecule has 0 unspecified atom stereocenters. The summed E-state index contributed by atoms with van der Waals surface area (Å²) < 4.78 is 11.2. The standard InChI is InChI=1S/C16H17NO3.ClH/c1-7-10(4)19-14-9(3)15-12(5-11(7)14)8(2)13(6-17)16(18)20-15;/h5H,6,17H2,1-4H3;1H. The second kappa shape index (κ2) is 5.20. The highest BCUT2D eigenvalue weighted by molar-refractivity contribution is 6.00. The van der Waals surface area contributed by atoms with Crippen molar-refractivity contribution in [3.05, 3.63) is 44.5 Å². The van der Waals surface area contributed by atoms with Gasteiger partial charge in [0.1, 0.15) is 16.9 Å². The van der Waals surface area contributed by atoms with Gasteiger partial charge in [-0.1, -0.05) is 0 Å². The summed E-state index contributed by atoms with van der Waals surface area (Å²) in [7, 11) is 0. The third-order valence-corrected chi connectivity index (χ3v) is 4.15. The number of hydrogen-bond acceptors (Lipinski definition) is 4. The Balaban J connectivity index is 0.00000161. The van der Waals surface area contributed by atoms with Crippen LogP contribution in [0.5, 0.6) is 0 Å². The number of rotatable bonds is 1. The van der Waals surface area contributed by atoms with Gasteiger partial charge in [0.25, 0.3) is 0 Å². The highest BCUT2D eigenvalue weighted by atomic mass is 35.5.